The van der Waals surface area contributed by atoms with Gasteiger partial charge in [0, 0.05) is 12.1 Å². The van der Waals surface area contributed by atoms with E-state index in [4.69, 9.17) is 10.5 Å². The van der Waals surface area contributed by atoms with Crippen molar-refractivity contribution in [1.29, 1.82) is 0 Å². The monoisotopic (exact) mass is 239 g/mol. The van der Waals surface area contributed by atoms with Crippen molar-refractivity contribution in [2.45, 2.75) is 26.4 Å². The van der Waals surface area contributed by atoms with Crippen molar-refractivity contribution >= 4 is 5.97 Å². The van der Waals surface area contributed by atoms with E-state index in [1.807, 2.05) is 6.92 Å². The fraction of sp³-hybridized carbons (Fsp3) is 0.462. The third-order valence-electron chi connectivity index (χ3n) is 2.58. The summed E-state index contributed by atoms with van der Waals surface area (Å²) in [5, 5.41) is 0. The van der Waals surface area contributed by atoms with Crippen LogP contribution in [0.5, 0.6) is 0 Å². The van der Waals surface area contributed by atoms with E-state index < -0.39 is 0 Å². The van der Waals surface area contributed by atoms with Gasteiger partial charge in [-0.1, -0.05) is 31.5 Å². The Bertz CT molecular complexity index is 368. The van der Waals surface area contributed by atoms with Crippen LogP contribution in [0.15, 0.2) is 24.3 Å². The van der Waals surface area contributed by atoms with Gasteiger partial charge in [0.15, 0.2) is 0 Å². The molecule has 0 heterocycles. The Balaban J connectivity index is 2.50. The smallest absolute Gasteiger partial charge is 0.310 e. The summed E-state index contributed by atoms with van der Waals surface area (Å²) in [5.41, 5.74) is 5.87. The second-order valence-corrected chi connectivity index (χ2v) is 3.92. The number of hydrogen-bond acceptors (Lipinski definition) is 3. The fourth-order valence-electron chi connectivity index (χ4n) is 1.56. The summed E-state index contributed by atoms with van der Waals surface area (Å²) < 4.78 is 18.3. The Kier molecular flexibility index (Phi) is 5.63. The molecule has 1 atom stereocenters. The third-order valence-corrected chi connectivity index (χ3v) is 2.58. The molecule has 0 saturated carbocycles. The van der Waals surface area contributed by atoms with E-state index in [0.29, 0.717) is 12.0 Å². The van der Waals surface area contributed by atoms with Crippen LogP contribution in [-0.4, -0.2) is 12.5 Å². The molecule has 0 amide bonds. The number of halogens is 1. The average Bonchev–Trinajstić information content (AvgIpc) is 2.34. The van der Waals surface area contributed by atoms with Gasteiger partial charge < -0.3 is 10.5 Å². The minimum atomic E-state index is -0.361. The van der Waals surface area contributed by atoms with Crippen LogP contribution in [0.3, 0.4) is 0 Å². The molecule has 1 rings (SSSR count). The first-order valence-electron chi connectivity index (χ1n) is 5.79. The third kappa shape index (κ3) is 4.15. The van der Waals surface area contributed by atoms with Crippen LogP contribution in [0.25, 0.3) is 0 Å². The van der Waals surface area contributed by atoms with E-state index in [1.165, 1.54) is 6.07 Å². The Morgan fingerprint density at radius 1 is 1.47 bits per heavy atom. The molecule has 3 nitrogen and oxygen atoms in total. The van der Waals surface area contributed by atoms with E-state index in [9.17, 15) is 9.18 Å². The van der Waals surface area contributed by atoms with Crippen molar-refractivity contribution in [2.75, 3.05) is 6.54 Å². The van der Waals surface area contributed by atoms with Gasteiger partial charge in [0.2, 0.25) is 0 Å². The topological polar surface area (TPSA) is 52.3 Å². The molecule has 94 valence electrons. The summed E-state index contributed by atoms with van der Waals surface area (Å²) in [4.78, 5) is 11.6. The molecule has 0 aromatic heterocycles. The van der Waals surface area contributed by atoms with Crippen LogP contribution >= 0.6 is 0 Å². The average molecular weight is 239 g/mol. The number of hydrogen-bond donors (Lipinski definition) is 1. The molecule has 0 fully saturated rings. The van der Waals surface area contributed by atoms with E-state index in [1.54, 1.807) is 18.2 Å². The molecule has 0 aliphatic carbocycles. The van der Waals surface area contributed by atoms with Crippen LogP contribution in [0.1, 0.15) is 25.3 Å². The molecule has 1 aromatic rings. The Hall–Kier alpha value is -1.42. The Morgan fingerprint density at radius 2 is 2.18 bits per heavy atom. The summed E-state index contributed by atoms with van der Waals surface area (Å²) in [6.07, 6.45) is 1.57. The zero-order chi connectivity index (χ0) is 12.7. The minimum absolute atomic E-state index is 0.0360. The molecule has 0 aliphatic heterocycles. The molecule has 0 aliphatic rings. The molecular formula is C13H18FNO2. The normalized spacial score (nSPS) is 12.2. The highest BCUT2D eigenvalue weighted by molar-refractivity contribution is 5.72. The van der Waals surface area contributed by atoms with Gasteiger partial charge in [0.25, 0.3) is 0 Å². The molecule has 4 heteroatoms. The van der Waals surface area contributed by atoms with E-state index in [0.717, 1.165) is 6.42 Å². The van der Waals surface area contributed by atoms with Crippen molar-refractivity contribution in [3.05, 3.63) is 35.6 Å². The van der Waals surface area contributed by atoms with Gasteiger partial charge in [-0.25, -0.2) is 4.39 Å². The van der Waals surface area contributed by atoms with Crippen LogP contribution in [0.4, 0.5) is 4.39 Å². The molecule has 2 N–H and O–H groups in total. The molecule has 0 bridgehead atoms. The highest BCUT2D eigenvalue weighted by Gasteiger charge is 2.17. The lowest BCUT2D eigenvalue weighted by molar-refractivity contribution is -0.149. The van der Waals surface area contributed by atoms with Crippen LogP contribution < -0.4 is 5.73 Å². The molecule has 0 radical (unpaired) electrons. The van der Waals surface area contributed by atoms with Crippen LogP contribution in [0.2, 0.25) is 0 Å². The fourth-order valence-corrected chi connectivity index (χ4v) is 1.56. The maximum atomic E-state index is 13.3. The molecule has 1 aromatic carbocycles. The Morgan fingerprint density at radius 3 is 2.76 bits per heavy atom. The summed E-state index contributed by atoms with van der Waals surface area (Å²) in [6.45, 7) is 2.21. The second-order valence-electron chi connectivity index (χ2n) is 3.92. The zero-order valence-corrected chi connectivity index (χ0v) is 9.99. The largest absolute Gasteiger partial charge is 0.460 e. The van der Waals surface area contributed by atoms with Gasteiger partial charge >= 0.3 is 5.97 Å². The van der Waals surface area contributed by atoms with Crippen molar-refractivity contribution in [3.63, 3.8) is 0 Å². The SMILES string of the molecule is CCCC(CN)C(=O)OCc1ccccc1F. The highest BCUT2D eigenvalue weighted by Crippen LogP contribution is 2.11. The molecule has 0 saturated heterocycles. The van der Waals surface area contributed by atoms with Crippen molar-refractivity contribution < 1.29 is 13.9 Å². The van der Waals surface area contributed by atoms with Crippen molar-refractivity contribution in [2.24, 2.45) is 11.7 Å². The van der Waals surface area contributed by atoms with Gasteiger partial charge in [0.1, 0.15) is 12.4 Å². The Labute approximate surface area is 101 Å². The summed E-state index contributed by atoms with van der Waals surface area (Å²) in [6, 6.07) is 6.24. The lowest BCUT2D eigenvalue weighted by atomic mass is 10.0. The van der Waals surface area contributed by atoms with Crippen molar-refractivity contribution in [1.82, 2.24) is 0 Å². The predicted molar refractivity (Wildman–Crippen MR) is 63.6 cm³/mol. The zero-order valence-electron chi connectivity index (χ0n) is 9.99. The van der Waals surface area contributed by atoms with E-state index >= 15 is 0 Å². The lowest BCUT2D eigenvalue weighted by Crippen LogP contribution is -2.25. The number of ether oxygens (including phenoxy) is 1. The lowest BCUT2D eigenvalue weighted by Gasteiger charge is -2.13. The maximum absolute atomic E-state index is 13.3. The first kappa shape index (κ1) is 13.6. The van der Waals surface area contributed by atoms with Crippen molar-refractivity contribution in [3.8, 4) is 0 Å². The molecule has 17 heavy (non-hydrogen) atoms. The van der Waals surface area contributed by atoms with E-state index in [2.05, 4.69) is 0 Å². The van der Waals surface area contributed by atoms with Gasteiger partial charge in [-0.15, -0.1) is 0 Å². The molecule has 0 spiro atoms. The minimum Gasteiger partial charge on any atom is -0.460 e. The van der Waals surface area contributed by atoms with Gasteiger partial charge in [-0.05, 0) is 12.5 Å². The first-order chi connectivity index (χ1) is 8.19. The highest BCUT2D eigenvalue weighted by atomic mass is 19.1. The number of esters is 1. The quantitative estimate of drug-likeness (QED) is 0.774. The number of carbonyl (C=O) groups is 1. The number of carbonyl (C=O) groups excluding carboxylic acids is 1. The van der Waals surface area contributed by atoms with Gasteiger partial charge in [0.05, 0.1) is 5.92 Å². The van der Waals surface area contributed by atoms with Gasteiger partial charge in [-0.2, -0.15) is 0 Å². The van der Waals surface area contributed by atoms with Gasteiger partial charge in [-0.3, -0.25) is 4.79 Å². The summed E-state index contributed by atoms with van der Waals surface area (Å²) in [7, 11) is 0. The van der Waals surface area contributed by atoms with Crippen LogP contribution in [-0.2, 0) is 16.1 Å². The predicted octanol–water partition coefficient (Wildman–Crippen LogP) is 2.24. The summed E-state index contributed by atoms with van der Waals surface area (Å²) in [5.74, 6) is -0.996. The molecule has 1 unspecified atom stereocenters. The number of nitrogens with two attached hydrogens (primary N) is 1. The van der Waals surface area contributed by atoms with E-state index in [-0.39, 0.29) is 30.9 Å². The summed E-state index contributed by atoms with van der Waals surface area (Å²) >= 11 is 0. The first-order valence-corrected chi connectivity index (χ1v) is 5.79. The standard InChI is InChI=1S/C13H18FNO2/c1-2-5-10(8-15)13(16)17-9-11-6-3-4-7-12(11)14/h3-4,6-7,10H,2,5,8-9,15H2,1H3. The second kappa shape index (κ2) is 7.01. The molecular weight excluding hydrogens is 221 g/mol. The maximum Gasteiger partial charge on any atom is 0.310 e. The number of benzene rings is 1. The number of rotatable bonds is 6. The van der Waals surface area contributed by atoms with Crippen LogP contribution in [0, 0.1) is 11.7 Å².